The van der Waals surface area contributed by atoms with Gasteiger partial charge in [-0.1, -0.05) is 0 Å². The molecule has 1 heterocycles. The molecule has 0 unspecified atom stereocenters. The summed E-state index contributed by atoms with van der Waals surface area (Å²) in [6.45, 7) is 3.65. The fourth-order valence-corrected chi connectivity index (χ4v) is 2.86. The number of carbonyl (C=O) groups excluding carboxylic acids is 1. The minimum Gasteiger partial charge on any atom is -0.385 e. The average Bonchev–Trinajstić information content (AvgIpc) is 3.29. The highest BCUT2D eigenvalue weighted by atomic mass is 16.1. The molecule has 3 rings (SSSR count). The highest BCUT2D eigenvalue weighted by Crippen LogP contribution is 2.60. The van der Waals surface area contributed by atoms with E-state index in [1.807, 2.05) is 13.0 Å². The summed E-state index contributed by atoms with van der Waals surface area (Å²) in [4.78, 5) is 16.3. The Balaban J connectivity index is 1.63. The number of nitrogens with one attached hydrogen (secondary N) is 2. The first-order valence-electron chi connectivity index (χ1n) is 7.21. The van der Waals surface area contributed by atoms with Crippen LogP contribution in [-0.4, -0.2) is 24.0 Å². The predicted molar refractivity (Wildman–Crippen MR) is 75.1 cm³/mol. The maximum atomic E-state index is 12.3. The van der Waals surface area contributed by atoms with Gasteiger partial charge >= 0.3 is 0 Å². The molecular weight excluding hydrogens is 238 g/mol. The molecule has 102 valence electrons. The molecule has 1 aromatic rings. The van der Waals surface area contributed by atoms with Crippen molar-refractivity contribution in [3.05, 3.63) is 24.0 Å². The minimum absolute atomic E-state index is 0.00373. The standard InChI is InChI=1S/C15H21N3O/c1-2-17-13-5-8-16-9-12(13)14(19)18-10-15(6-7-15)11-3-4-11/h5,8-9,11H,2-4,6-7,10H2,1H3,(H,16,17)(H,18,19). The third-order valence-electron chi connectivity index (χ3n) is 4.37. The van der Waals surface area contributed by atoms with Gasteiger partial charge in [0, 0.05) is 25.5 Å². The van der Waals surface area contributed by atoms with Gasteiger partial charge in [-0.05, 0) is 50.0 Å². The summed E-state index contributed by atoms with van der Waals surface area (Å²) in [6.07, 6.45) is 8.62. The fraction of sp³-hybridized carbons (Fsp3) is 0.600. The van der Waals surface area contributed by atoms with Crippen molar-refractivity contribution in [2.75, 3.05) is 18.4 Å². The largest absolute Gasteiger partial charge is 0.385 e. The van der Waals surface area contributed by atoms with Crippen molar-refractivity contribution in [2.45, 2.75) is 32.6 Å². The Morgan fingerprint density at radius 3 is 2.89 bits per heavy atom. The summed E-state index contributed by atoms with van der Waals surface area (Å²) < 4.78 is 0. The van der Waals surface area contributed by atoms with E-state index in [0.717, 1.165) is 24.7 Å². The van der Waals surface area contributed by atoms with E-state index in [9.17, 15) is 4.79 Å². The van der Waals surface area contributed by atoms with E-state index in [2.05, 4.69) is 15.6 Å². The van der Waals surface area contributed by atoms with Crippen molar-refractivity contribution < 1.29 is 4.79 Å². The SMILES string of the molecule is CCNc1ccncc1C(=O)NCC1(C2CC2)CC1. The van der Waals surface area contributed by atoms with E-state index in [4.69, 9.17) is 0 Å². The molecule has 1 amide bonds. The zero-order chi connectivity index (χ0) is 13.3. The Bertz CT molecular complexity index is 478. The molecule has 2 saturated carbocycles. The smallest absolute Gasteiger partial charge is 0.254 e. The molecule has 2 aliphatic carbocycles. The Morgan fingerprint density at radius 1 is 1.47 bits per heavy atom. The molecule has 0 aliphatic heterocycles. The average molecular weight is 259 g/mol. The van der Waals surface area contributed by atoms with Crippen LogP contribution in [0.15, 0.2) is 18.5 Å². The number of hydrogen-bond donors (Lipinski definition) is 2. The van der Waals surface area contributed by atoms with Gasteiger partial charge in [-0.2, -0.15) is 0 Å². The topological polar surface area (TPSA) is 54.0 Å². The van der Waals surface area contributed by atoms with Gasteiger partial charge in [-0.25, -0.2) is 0 Å². The number of rotatable bonds is 6. The van der Waals surface area contributed by atoms with E-state index in [-0.39, 0.29) is 5.91 Å². The highest BCUT2D eigenvalue weighted by Gasteiger charge is 2.53. The van der Waals surface area contributed by atoms with Crippen LogP contribution in [0.25, 0.3) is 0 Å². The van der Waals surface area contributed by atoms with Gasteiger partial charge in [0.25, 0.3) is 5.91 Å². The number of pyridine rings is 1. The lowest BCUT2D eigenvalue weighted by molar-refractivity contribution is 0.0943. The molecule has 2 aliphatic rings. The number of carbonyl (C=O) groups is 1. The van der Waals surface area contributed by atoms with Gasteiger partial charge in [0.2, 0.25) is 0 Å². The third-order valence-corrected chi connectivity index (χ3v) is 4.37. The van der Waals surface area contributed by atoms with Gasteiger partial charge in [0.15, 0.2) is 0 Å². The number of hydrogen-bond acceptors (Lipinski definition) is 3. The van der Waals surface area contributed by atoms with Crippen molar-refractivity contribution in [3.63, 3.8) is 0 Å². The molecule has 2 fully saturated rings. The second-order valence-corrected chi connectivity index (χ2v) is 5.77. The van der Waals surface area contributed by atoms with Gasteiger partial charge in [-0.15, -0.1) is 0 Å². The molecule has 0 spiro atoms. The van der Waals surface area contributed by atoms with Gasteiger partial charge in [0.05, 0.1) is 11.3 Å². The van der Waals surface area contributed by atoms with Crippen LogP contribution < -0.4 is 10.6 Å². The Kier molecular flexibility index (Phi) is 3.17. The van der Waals surface area contributed by atoms with Crippen LogP contribution in [0, 0.1) is 11.3 Å². The van der Waals surface area contributed by atoms with Crippen molar-refractivity contribution in [2.24, 2.45) is 11.3 Å². The quantitative estimate of drug-likeness (QED) is 0.825. The molecular formula is C15H21N3O. The van der Waals surface area contributed by atoms with E-state index in [1.54, 1.807) is 12.4 Å². The zero-order valence-corrected chi connectivity index (χ0v) is 11.4. The number of aromatic nitrogens is 1. The zero-order valence-electron chi connectivity index (χ0n) is 11.4. The molecule has 0 bridgehead atoms. The summed E-state index contributed by atoms with van der Waals surface area (Å²) in [5.41, 5.74) is 1.96. The second kappa shape index (κ2) is 4.83. The lowest BCUT2D eigenvalue weighted by atomic mass is 10.0. The van der Waals surface area contributed by atoms with Crippen molar-refractivity contribution in [1.29, 1.82) is 0 Å². The first kappa shape index (κ1) is 12.5. The van der Waals surface area contributed by atoms with Crippen LogP contribution in [0.2, 0.25) is 0 Å². The van der Waals surface area contributed by atoms with Crippen LogP contribution in [0.1, 0.15) is 43.0 Å². The van der Waals surface area contributed by atoms with Crippen LogP contribution in [0.4, 0.5) is 5.69 Å². The van der Waals surface area contributed by atoms with Gasteiger partial charge < -0.3 is 10.6 Å². The lowest BCUT2D eigenvalue weighted by Crippen LogP contribution is -2.31. The van der Waals surface area contributed by atoms with Crippen LogP contribution in [-0.2, 0) is 0 Å². The fourth-order valence-electron chi connectivity index (χ4n) is 2.86. The first-order valence-corrected chi connectivity index (χ1v) is 7.21. The molecule has 2 N–H and O–H groups in total. The summed E-state index contributed by atoms with van der Waals surface area (Å²) in [5, 5.41) is 6.31. The van der Waals surface area contributed by atoms with Gasteiger partial charge in [-0.3, -0.25) is 9.78 Å². The van der Waals surface area contributed by atoms with Crippen LogP contribution in [0.3, 0.4) is 0 Å². The predicted octanol–water partition coefficient (Wildman–Crippen LogP) is 2.43. The Labute approximate surface area is 114 Å². The molecule has 4 nitrogen and oxygen atoms in total. The van der Waals surface area contributed by atoms with Crippen molar-refractivity contribution in [1.82, 2.24) is 10.3 Å². The maximum absolute atomic E-state index is 12.3. The van der Waals surface area contributed by atoms with Crippen LogP contribution >= 0.6 is 0 Å². The minimum atomic E-state index is -0.00373. The van der Waals surface area contributed by atoms with Gasteiger partial charge in [0.1, 0.15) is 0 Å². The molecule has 0 aromatic carbocycles. The maximum Gasteiger partial charge on any atom is 0.254 e. The highest BCUT2D eigenvalue weighted by molar-refractivity contribution is 5.99. The molecule has 1 aromatic heterocycles. The van der Waals surface area contributed by atoms with Crippen molar-refractivity contribution in [3.8, 4) is 0 Å². The molecule has 0 radical (unpaired) electrons. The monoisotopic (exact) mass is 259 g/mol. The summed E-state index contributed by atoms with van der Waals surface area (Å²) in [7, 11) is 0. The van der Waals surface area contributed by atoms with E-state index in [0.29, 0.717) is 11.0 Å². The Hall–Kier alpha value is -1.58. The normalized spacial score (nSPS) is 19.8. The van der Waals surface area contributed by atoms with Crippen LogP contribution in [0.5, 0.6) is 0 Å². The van der Waals surface area contributed by atoms with E-state index >= 15 is 0 Å². The summed E-state index contributed by atoms with van der Waals surface area (Å²) >= 11 is 0. The van der Waals surface area contributed by atoms with E-state index < -0.39 is 0 Å². The van der Waals surface area contributed by atoms with E-state index in [1.165, 1.54) is 25.7 Å². The summed E-state index contributed by atoms with van der Waals surface area (Å²) in [5.74, 6) is 0.867. The molecule has 4 heteroatoms. The van der Waals surface area contributed by atoms with Crippen molar-refractivity contribution >= 4 is 11.6 Å². The second-order valence-electron chi connectivity index (χ2n) is 5.77. The number of anilines is 1. The number of nitrogens with zero attached hydrogens (tertiary/aromatic N) is 1. The molecule has 0 atom stereocenters. The molecule has 19 heavy (non-hydrogen) atoms. The first-order chi connectivity index (χ1) is 9.25. The summed E-state index contributed by atoms with van der Waals surface area (Å²) in [6, 6.07) is 1.85. The lowest BCUT2D eigenvalue weighted by Gasteiger charge is -2.16. The third kappa shape index (κ3) is 2.57. The Morgan fingerprint density at radius 2 is 2.26 bits per heavy atom. The molecule has 0 saturated heterocycles. The number of amides is 1.